The van der Waals surface area contributed by atoms with Crippen molar-refractivity contribution in [1.29, 1.82) is 0 Å². The first-order valence-corrected chi connectivity index (χ1v) is 10.9. The van der Waals surface area contributed by atoms with Crippen molar-refractivity contribution in [3.8, 4) is 0 Å². The average Bonchev–Trinajstić information content (AvgIpc) is 3.14. The Morgan fingerprint density at radius 2 is 1.73 bits per heavy atom. The van der Waals surface area contributed by atoms with E-state index in [9.17, 15) is 22.0 Å². The minimum absolute atomic E-state index is 0.0106. The molecule has 1 amide bonds. The lowest BCUT2D eigenvalue weighted by Crippen LogP contribution is -2.50. The fraction of sp³-hybridized carbons (Fsp3) is 0.0500. The lowest BCUT2D eigenvalue weighted by molar-refractivity contribution is 0.0651. The average molecular weight is 473 g/mol. The first kappa shape index (κ1) is 22.1. The van der Waals surface area contributed by atoms with Gasteiger partial charge in [-0.05, 0) is 48.5 Å². The van der Waals surface area contributed by atoms with Crippen LogP contribution < -0.4 is 21.2 Å². The summed E-state index contributed by atoms with van der Waals surface area (Å²) < 4.78 is 55.2. The molecule has 170 valence electrons. The second-order valence-corrected chi connectivity index (χ2v) is 8.43. The van der Waals surface area contributed by atoms with Crippen molar-refractivity contribution in [2.24, 2.45) is 10.7 Å². The second kappa shape index (κ2) is 8.80. The Hall–Kier alpha value is -4.10. The van der Waals surface area contributed by atoms with E-state index in [4.69, 9.17) is 5.73 Å². The number of nitrogens with zero attached hydrogens (tertiary/aromatic N) is 3. The molecule has 5 N–H and O–H groups in total. The number of hydrazine groups is 1. The molecule has 4 rings (SSSR count). The van der Waals surface area contributed by atoms with Gasteiger partial charge in [-0.15, -0.1) is 0 Å². The molecule has 13 heteroatoms. The Labute approximate surface area is 187 Å². The lowest BCUT2D eigenvalue weighted by Gasteiger charge is -2.20. The van der Waals surface area contributed by atoms with Crippen molar-refractivity contribution in [1.82, 2.24) is 15.4 Å². The summed E-state index contributed by atoms with van der Waals surface area (Å²) in [4.78, 5) is 20.4. The van der Waals surface area contributed by atoms with Gasteiger partial charge in [-0.2, -0.15) is 0 Å². The topological polar surface area (TPSA) is 142 Å². The highest BCUT2D eigenvalue weighted by molar-refractivity contribution is 7.92. The van der Waals surface area contributed by atoms with Crippen molar-refractivity contribution in [2.45, 2.75) is 11.2 Å². The molecule has 0 fully saturated rings. The molecule has 10 nitrogen and oxygen atoms in total. The number of pyridine rings is 1. The zero-order valence-electron chi connectivity index (χ0n) is 16.7. The molecular formula is C20H17F2N7O3S. The normalized spacial score (nSPS) is 15.5. The van der Waals surface area contributed by atoms with Gasteiger partial charge in [-0.25, -0.2) is 32.2 Å². The van der Waals surface area contributed by atoms with Gasteiger partial charge in [0.25, 0.3) is 15.9 Å². The van der Waals surface area contributed by atoms with Crippen LogP contribution in [0.25, 0.3) is 0 Å². The molecule has 1 aliphatic rings. The Balaban J connectivity index is 1.44. The molecule has 2 aromatic carbocycles. The molecule has 0 aliphatic carbocycles. The number of amides is 1. The maximum absolute atomic E-state index is 13.9. The van der Waals surface area contributed by atoms with Gasteiger partial charge in [0.05, 0.1) is 4.90 Å². The minimum atomic E-state index is -3.85. The van der Waals surface area contributed by atoms with Crippen molar-refractivity contribution < 1.29 is 22.0 Å². The monoisotopic (exact) mass is 473 g/mol. The van der Waals surface area contributed by atoms with Gasteiger partial charge in [0.2, 0.25) is 5.96 Å². The van der Waals surface area contributed by atoms with E-state index in [-0.39, 0.29) is 16.7 Å². The molecule has 0 bridgehead atoms. The predicted octanol–water partition coefficient (Wildman–Crippen LogP) is 1.83. The Bertz CT molecular complexity index is 1300. The van der Waals surface area contributed by atoms with E-state index < -0.39 is 39.4 Å². The molecule has 1 aliphatic heterocycles. The Kier molecular flexibility index (Phi) is 5.89. The smallest absolute Gasteiger partial charge is 0.281 e. The van der Waals surface area contributed by atoms with Crippen molar-refractivity contribution in [3.63, 3.8) is 0 Å². The molecule has 2 heterocycles. The van der Waals surface area contributed by atoms with E-state index in [1.165, 1.54) is 36.5 Å². The standard InChI is InChI=1S/C20H17F2N7O3S/c21-14-4-3-5-15(22)17(14)18(30)29-19(23)26-20(27-29)25-12-7-9-13(10-8-12)33(31,32)28-16-6-1-2-11-24-16/h1-11,19H,23H2,(H,24,28)(H2,25,26,27). The van der Waals surface area contributed by atoms with E-state index in [2.05, 4.69) is 25.4 Å². The zero-order valence-corrected chi connectivity index (χ0v) is 17.6. The highest BCUT2D eigenvalue weighted by Crippen LogP contribution is 2.19. The molecule has 0 spiro atoms. The molecule has 33 heavy (non-hydrogen) atoms. The number of aromatic nitrogens is 1. The number of anilines is 2. The fourth-order valence-electron chi connectivity index (χ4n) is 2.93. The summed E-state index contributed by atoms with van der Waals surface area (Å²) in [5, 5.41) is 3.58. The number of hydrogen-bond donors (Lipinski definition) is 4. The van der Waals surface area contributed by atoms with Gasteiger partial charge in [0.15, 0.2) is 6.29 Å². The van der Waals surface area contributed by atoms with E-state index >= 15 is 0 Å². The SMILES string of the molecule is NC1N=C(Nc2ccc(S(=O)(=O)Nc3ccccn3)cc2)NN1C(=O)c1c(F)cccc1F. The number of nitrogens with one attached hydrogen (secondary N) is 3. The first-order chi connectivity index (χ1) is 15.7. The second-order valence-electron chi connectivity index (χ2n) is 6.74. The molecule has 1 aromatic heterocycles. The Morgan fingerprint density at radius 3 is 2.36 bits per heavy atom. The molecular weight excluding hydrogens is 456 g/mol. The molecule has 0 saturated heterocycles. The van der Waals surface area contributed by atoms with Gasteiger partial charge in [-0.1, -0.05) is 12.1 Å². The maximum Gasteiger partial charge on any atom is 0.281 e. The number of hydrogen-bond acceptors (Lipinski definition) is 8. The summed E-state index contributed by atoms with van der Waals surface area (Å²) in [7, 11) is -3.85. The van der Waals surface area contributed by atoms with Crippen LogP contribution >= 0.6 is 0 Å². The van der Waals surface area contributed by atoms with Crippen LogP contribution in [0, 0.1) is 11.6 Å². The van der Waals surface area contributed by atoms with Gasteiger partial charge >= 0.3 is 0 Å². The summed E-state index contributed by atoms with van der Waals surface area (Å²) in [6.45, 7) is 0. The van der Waals surface area contributed by atoms with Gasteiger partial charge in [0, 0.05) is 11.9 Å². The molecule has 1 atom stereocenters. The fourth-order valence-corrected chi connectivity index (χ4v) is 3.93. The highest BCUT2D eigenvalue weighted by Gasteiger charge is 2.32. The number of halogens is 2. The van der Waals surface area contributed by atoms with E-state index in [1.807, 2.05) is 0 Å². The van der Waals surface area contributed by atoms with Crippen LogP contribution in [0.3, 0.4) is 0 Å². The summed E-state index contributed by atoms with van der Waals surface area (Å²) in [5.41, 5.74) is 7.98. The Morgan fingerprint density at radius 1 is 1.03 bits per heavy atom. The van der Waals surface area contributed by atoms with Crippen LogP contribution in [0.5, 0.6) is 0 Å². The number of rotatable bonds is 5. The third-order valence-corrected chi connectivity index (χ3v) is 5.85. The number of carbonyl (C=O) groups excluding carboxylic acids is 1. The van der Waals surface area contributed by atoms with Crippen molar-refractivity contribution in [3.05, 3.63) is 84.1 Å². The number of aliphatic imine (C=N–C) groups is 1. The number of nitrogens with two attached hydrogens (primary N) is 1. The third kappa shape index (κ3) is 4.73. The number of carbonyl (C=O) groups is 1. The van der Waals surface area contributed by atoms with Crippen molar-refractivity contribution >= 4 is 33.4 Å². The number of sulfonamides is 1. The predicted molar refractivity (Wildman–Crippen MR) is 116 cm³/mol. The summed E-state index contributed by atoms with van der Waals surface area (Å²) >= 11 is 0. The summed E-state index contributed by atoms with van der Waals surface area (Å²) in [5.74, 6) is -2.91. The van der Waals surface area contributed by atoms with Crippen molar-refractivity contribution in [2.75, 3.05) is 10.0 Å². The largest absolute Gasteiger partial charge is 0.325 e. The zero-order chi connectivity index (χ0) is 23.6. The molecule has 3 aromatic rings. The van der Waals surface area contributed by atoms with Crippen LogP contribution in [-0.2, 0) is 10.0 Å². The van der Waals surface area contributed by atoms with Crippen LogP contribution in [-0.4, -0.2) is 36.6 Å². The summed E-state index contributed by atoms with van der Waals surface area (Å²) in [6, 6.07) is 13.5. The van der Waals surface area contributed by atoms with E-state index in [0.29, 0.717) is 5.69 Å². The number of guanidine groups is 1. The third-order valence-electron chi connectivity index (χ3n) is 4.48. The van der Waals surface area contributed by atoms with Gasteiger partial charge in [0.1, 0.15) is 23.0 Å². The first-order valence-electron chi connectivity index (χ1n) is 9.43. The van der Waals surface area contributed by atoms with Gasteiger partial charge < -0.3 is 5.32 Å². The number of benzene rings is 2. The summed E-state index contributed by atoms with van der Waals surface area (Å²) in [6.07, 6.45) is 0.209. The molecule has 1 unspecified atom stereocenters. The van der Waals surface area contributed by atoms with Crippen LogP contribution in [0.2, 0.25) is 0 Å². The van der Waals surface area contributed by atoms with Crippen LogP contribution in [0.1, 0.15) is 10.4 Å². The quantitative estimate of drug-likeness (QED) is 0.443. The molecule has 0 radical (unpaired) electrons. The minimum Gasteiger partial charge on any atom is -0.325 e. The maximum atomic E-state index is 13.9. The van der Waals surface area contributed by atoms with Crippen LogP contribution in [0.4, 0.5) is 20.3 Å². The highest BCUT2D eigenvalue weighted by atomic mass is 32.2. The van der Waals surface area contributed by atoms with E-state index in [1.54, 1.807) is 12.1 Å². The lowest BCUT2D eigenvalue weighted by atomic mass is 10.2. The molecule has 0 saturated carbocycles. The van der Waals surface area contributed by atoms with Crippen LogP contribution in [0.15, 0.2) is 76.7 Å². The van der Waals surface area contributed by atoms with Gasteiger partial charge in [-0.3, -0.25) is 20.7 Å². The van der Waals surface area contributed by atoms with E-state index in [0.717, 1.165) is 23.2 Å².